The molecule has 0 spiro atoms. The van der Waals surface area contributed by atoms with E-state index in [0.29, 0.717) is 18.8 Å². The Morgan fingerprint density at radius 1 is 1.83 bits per heavy atom. The van der Waals surface area contributed by atoms with E-state index in [1.807, 2.05) is 0 Å². The molecular weight excluding hydrogens is 222 g/mol. The number of anilines is 1. The lowest BCUT2D eigenvalue weighted by molar-refractivity contribution is 0.176. The summed E-state index contributed by atoms with van der Waals surface area (Å²) in [6.45, 7) is 2.44. The van der Waals surface area contributed by atoms with E-state index in [9.17, 15) is 0 Å². The number of aliphatic hydroxyl groups excluding tert-OH is 1. The van der Waals surface area contributed by atoms with Crippen molar-refractivity contribution < 1.29 is 5.11 Å². The quantitative estimate of drug-likeness (QED) is 0.819. The lowest BCUT2D eigenvalue weighted by Gasteiger charge is -2.02. The first-order chi connectivity index (χ1) is 5.59. The molecule has 68 valence electrons. The van der Waals surface area contributed by atoms with Gasteiger partial charge in [-0.15, -0.1) is 0 Å². The molecule has 0 aliphatic rings. The van der Waals surface area contributed by atoms with E-state index in [4.69, 9.17) is 10.8 Å². The van der Waals surface area contributed by atoms with E-state index in [1.54, 1.807) is 17.8 Å². The maximum atomic E-state index is 9.01. The van der Waals surface area contributed by atoms with Gasteiger partial charge in [0, 0.05) is 12.7 Å². The van der Waals surface area contributed by atoms with Gasteiger partial charge in [0.25, 0.3) is 0 Å². The maximum Gasteiger partial charge on any atom is 0.159 e. The van der Waals surface area contributed by atoms with Crippen molar-refractivity contribution in [3.05, 3.63) is 10.7 Å². The lowest BCUT2D eigenvalue weighted by Crippen LogP contribution is -2.07. The fraction of sp³-hybridized carbons (Fsp3) is 0.571. The van der Waals surface area contributed by atoms with Crippen molar-refractivity contribution >= 4 is 21.7 Å². The van der Waals surface area contributed by atoms with Gasteiger partial charge >= 0.3 is 0 Å². The Bertz CT molecular complexity index is 240. The molecule has 1 unspecified atom stereocenters. The van der Waals surface area contributed by atoms with Crippen LogP contribution in [0.3, 0.4) is 0 Å². The van der Waals surface area contributed by atoms with Crippen molar-refractivity contribution in [2.24, 2.45) is 0 Å². The van der Waals surface area contributed by atoms with Crippen molar-refractivity contribution in [1.29, 1.82) is 0 Å². The number of hydrogen-bond acceptors (Lipinski definition) is 3. The zero-order chi connectivity index (χ0) is 9.14. The van der Waals surface area contributed by atoms with Gasteiger partial charge in [-0.3, -0.25) is 4.68 Å². The van der Waals surface area contributed by atoms with Crippen LogP contribution in [0.1, 0.15) is 13.3 Å². The summed E-state index contributed by atoms with van der Waals surface area (Å²) in [4.78, 5) is 0. The number of hydrogen-bond donors (Lipinski definition) is 2. The SMILES string of the molecule is CC(O)CCn1cc(Br)c(N)n1. The first-order valence-corrected chi connectivity index (χ1v) is 4.55. The van der Waals surface area contributed by atoms with E-state index in [2.05, 4.69) is 21.0 Å². The summed E-state index contributed by atoms with van der Waals surface area (Å²) in [5, 5.41) is 13.0. The molecule has 1 aromatic rings. The van der Waals surface area contributed by atoms with E-state index in [1.165, 1.54) is 0 Å². The molecule has 1 heterocycles. The number of halogens is 1. The molecule has 0 aliphatic heterocycles. The minimum absolute atomic E-state index is 0.297. The van der Waals surface area contributed by atoms with Gasteiger partial charge in [-0.05, 0) is 29.3 Å². The molecule has 0 bridgehead atoms. The molecular formula is C7H12BrN3O. The van der Waals surface area contributed by atoms with Crippen LogP contribution in [-0.2, 0) is 6.54 Å². The van der Waals surface area contributed by atoms with Crippen LogP contribution in [-0.4, -0.2) is 21.0 Å². The predicted octanol–water partition coefficient (Wildman–Crippen LogP) is 0.999. The number of nitrogens with zero attached hydrogens (tertiary/aromatic N) is 2. The van der Waals surface area contributed by atoms with Crippen molar-refractivity contribution in [3.63, 3.8) is 0 Å². The summed E-state index contributed by atoms with van der Waals surface area (Å²) in [7, 11) is 0. The molecule has 1 atom stereocenters. The van der Waals surface area contributed by atoms with Gasteiger partial charge in [-0.1, -0.05) is 0 Å². The van der Waals surface area contributed by atoms with Crippen LogP contribution in [0, 0.1) is 0 Å². The first-order valence-electron chi connectivity index (χ1n) is 3.76. The highest BCUT2D eigenvalue weighted by molar-refractivity contribution is 9.10. The Morgan fingerprint density at radius 3 is 2.92 bits per heavy atom. The second-order valence-corrected chi connectivity index (χ2v) is 3.62. The lowest BCUT2D eigenvalue weighted by atomic mass is 10.3. The fourth-order valence-corrected chi connectivity index (χ4v) is 1.16. The second-order valence-electron chi connectivity index (χ2n) is 2.76. The van der Waals surface area contributed by atoms with Gasteiger partial charge < -0.3 is 10.8 Å². The Kier molecular flexibility index (Phi) is 3.11. The number of nitrogen functional groups attached to an aromatic ring is 1. The van der Waals surface area contributed by atoms with Crippen molar-refractivity contribution in [1.82, 2.24) is 9.78 Å². The molecule has 0 saturated carbocycles. The normalized spacial score (nSPS) is 13.2. The monoisotopic (exact) mass is 233 g/mol. The van der Waals surface area contributed by atoms with E-state index in [-0.39, 0.29) is 6.10 Å². The molecule has 3 N–H and O–H groups in total. The number of rotatable bonds is 3. The van der Waals surface area contributed by atoms with Gasteiger partial charge in [0.2, 0.25) is 0 Å². The molecule has 0 aliphatic carbocycles. The molecule has 0 radical (unpaired) electrons. The number of aryl methyl sites for hydroxylation is 1. The number of nitrogens with two attached hydrogens (primary N) is 1. The molecule has 0 aromatic carbocycles. The molecule has 5 heteroatoms. The van der Waals surface area contributed by atoms with Crippen LogP contribution in [0.15, 0.2) is 10.7 Å². The Morgan fingerprint density at radius 2 is 2.50 bits per heavy atom. The summed E-state index contributed by atoms with van der Waals surface area (Å²) < 4.78 is 2.51. The van der Waals surface area contributed by atoms with Crippen LogP contribution in [0.5, 0.6) is 0 Å². The summed E-state index contributed by atoms with van der Waals surface area (Å²) in [6.07, 6.45) is 2.19. The van der Waals surface area contributed by atoms with Gasteiger partial charge in [0.05, 0.1) is 10.6 Å². The highest BCUT2D eigenvalue weighted by atomic mass is 79.9. The van der Waals surface area contributed by atoms with Crippen LogP contribution >= 0.6 is 15.9 Å². The summed E-state index contributed by atoms with van der Waals surface area (Å²) in [6, 6.07) is 0. The largest absolute Gasteiger partial charge is 0.393 e. The molecule has 0 amide bonds. The van der Waals surface area contributed by atoms with Crippen LogP contribution in [0.2, 0.25) is 0 Å². The summed E-state index contributed by atoms with van der Waals surface area (Å²) >= 11 is 3.25. The van der Waals surface area contributed by atoms with Gasteiger partial charge in [-0.25, -0.2) is 0 Å². The average Bonchev–Trinajstić information content (AvgIpc) is 2.28. The van der Waals surface area contributed by atoms with Crippen molar-refractivity contribution in [3.8, 4) is 0 Å². The molecule has 0 fully saturated rings. The van der Waals surface area contributed by atoms with E-state index < -0.39 is 0 Å². The topological polar surface area (TPSA) is 64.1 Å². The number of aliphatic hydroxyl groups is 1. The van der Waals surface area contributed by atoms with Crippen LogP contribution in [0.25, 0.3) is 0 Å². The average molecular weight is 234 g/mol. The Labute approximate surface area is 79.5 Å². The summed E-state index contributed by atoms with van der Waals surface area (Å²) in [5.41, 5.74) is 5.51. The predicted molar refractivity (Wildman–Crippen MR) is 50.6 cm³/mol. The standard InChI is InChI=1S/C7H12BrN3O/c1-5(12)2-3-11-4-6(8)7(9)10-11/h4-5,12H,2-3H2,1H3,(H2,9,10). The third-order valence-corrected chi connectivity index (χ3v) is 2.13. The third-order valence-electron chi connectivity index (χ3n) is 1.52. The van der Waals surface area contributed by atoms with Gasteiger partial charge in [0.15, 0.2) is 5.82 Å². The van der Waals surface area contributed by atoms with Crippen LogP contribution < -0.4 is 5.73 Å². The van der Waals surface area contributed by atoms with Crippen LogP contribution in [0.4, 0.5) is 5.82 Å². The molecule has 12 heavy (non-hydrogen) atoms. The molecule has 1 aromatic heterocycles. The van der Waals surface area contributed by atoms with E-state index in [0.717, 1.165) is 4.47 Å². The summed E-state index contributed by atoms with van der Waals surface area (Å²) in [5.74, 6) is 0.487. The van der Waals surface area contributed by atoms with E-state index >= 15 is 0 Å². The van der Waals surface area contributed by atoms with Crippen molar-refractivity contribution in [2.45, 2.75) is 26.0 Å². The first kappa shape index (κ1) is 9.54. The third kappa shape index (κ3) is 2.49. The number of aromatic nitrogens is 2. The molecule has 0 saturated heterocycles. The van der Waals surface area contributed by atoms with Gasteiger partial charge in [-0.2, -0.15) is 5.10 Å². The fourth-order valence-electron chi connectivity index (χ4n) is 0.846. The zero-order valence-electron chi connectivity index (χ0n) is 6.87. The zero-order valence-corrected chi connectivity index (χ0v) is 8.45. The maximum absolute atomic E-state index is 9.01. The Balaban J connectivity index is 2.53. The molecule has 1 rings (SSSR count). The van der Waals surface area contributed by atoms with Crippen molar-refractivity contribution in [2.75, 3.05) is 5.73 Å². The molecule has 4 nitrogen and oxygen atoms in total. The van der Waals surface area contributed by atoms with Gasteiger partial charge in [0.1, 0.15) is 0 Å². The highest BCUT2D eigenvalue weighted by Gasteiger charge is 2.02. The minimum atomic E-state index is -0.297. The highest BCUT2D eigenvalue weighted by Crippen LogP contribution is 2.16. The Hall–Kier alpha value is -0.550. The smallest absolute Gasteiger partial charge is 0.159 e. The second kappa shape index (κ2) is 3.91. The minimum Gasteiger partial charge on any atom is -0.393 e.